The number of amides is 1. The molecule has 4 rings (SSSR count). The number of carbonyl (C=O) groups is 2. The van der Waals surface area contributed by atoms with Crippen LogP contribution in [0, 0.1) is 0 Å². The predicted octanol–water partition coefficient (Wildman–Crippen LogP) is 4.67. The third-order valence-electron chi connectivity index (χ3n) is 5.41. The molecule has 0 unspecified atom stereocenters. The Morgan fingerprint density at radius 3 is 2.53 bits per heavy atom. The van der Waals surface area contributed by atoms with Gasteiger partial charge in [0.05, 0.1) is 19.7 Å². The van der Waals surface area contributed by atoms with E-state index in [0.29, 0.717) is 17.0 Å². The molecule has 3 aromatic carbocycles. The van der Waals surface area contributed by atoms with Crippen molar-refractivity contribution in [1.29, 1.82) is 0 Å². The molecular formula is C26H25N3O3. The molecule has 0 aliphatic heterocycles. The number of hydrogen-bond acceptors (Lipinski definition) is 4. The highest BCUT2D eigenvalue weighted by Crippen LogP contribution is 2.28. The lowest BCUT2D eigenvalue weighted by Crippen LogP contribution is -2.37. The first-order valence-corrected chi connectivity index (χ1v) is 10.4. The molecule has 0 fully saturated rings. The number of nitrogens with zero attached hydrogens (tertiary/aromatic N) is 1. The summed E-state index contributed by atoms with van der Waals surface area (Å²) in [4.78, 5) is 31.4. The Hall–Kier alpha value is -3.90. The largest absolute Gasteiger partial charge is 0.497 e. The number of H-pyrrole nitrogens is 1. The van der Waals surface area contributed by atoms with Crippen molar-refractivity contribution in [2.75, 3.05) is 26.0 Å². The summed E-state index contributed by atoms with van der Waals surface area (Å²) in [5.41, 5.74) is 2.98. The normalized spacial score (nSPS) is 12.0. The summed E-state index contributed by atoms with van der Waals surface area (Å²) >= 11 is 0. The van der Waals surface area contributed by atoms with Gasteiger partial charge in [0.25, 0.3) is 0 Å². The van der Waals surface area contributed by atoms with Gasteiger partial charge in [-0.3, -0.25) is 14.5 Å². The molecule has 4 aromatic rings. The van der Waals surface area contributed by atoms with Crippen molar-refractivity contribution in [1.82, 2.24) is 9.88 Å². The van der Waals surface area contributed by atoms with Crippen molar-refractivity contribution >= 4 is 28.3 Å². The first kappa shape index (κ1) is 21.3. The molecule has 1 heterocycles. The molecule has 1 aromatic heterocycles. The van der Waals surface area contributed by atoms with E-state index >= 15 is 0 Å². The molecule has 0 bridgehead atoms. The number of ketones is 1. The third kappa shape index (κ3) is 4.55. The predicted molar refractivity (Wildman–Crippen MR) is 126 cm³/mol. The summed E-state index contributed by atoms with van der Waals surface area (Å²) in [6.45, 7) is 0.0465. The van der Waals surface area contributed by atoms with Gasteiger partial charge in [0.1, 0.15) is 5.75 Å². The summed E-state index contributed by atoms with van der Waals surface area (Å²) in [5.74, 6) is 0.381. The molecule has 0 aliphatic carbocycles. The van der Waals surface area contributed by atoms with E-state index < -0.39 is 6.04 Å². The second-order valence-corrected chi connectivity index (χ2v) is 7.62. The lowest BCUT2D eigenvalue weighted by molar-refractivity contribution is -0.117. The van der Waals surface area contributed by atoms with Crippen molar-refractivity contribution in [3.63, 3.8) is 0 Å². The number of aromatic nitrogens is 1. The molecule has 0 saturated carbocycles. The molecule has 32 heavy (non-hydrogen) atoms. The van der Waals surface area contributed by atoms with Gasteiger partial charge < -0.3 is 15.0 Å². The second-order valence-electron chi connectivity index (χ2n) is 7.62. The minimum Gasteiger partial charge on any atom is -0.497 e. The monoisotopic (exact) mass is 427 g/mol. The first-order chi connectivity index (χ1) is 15.6. The number of methoxy groups -OCH3 is 1. The van der Waals surface area contributed by atoms with E-state index in [1.54, 1.807) is 37.4 Å². The van der Waals surface area contributed by atoms with E-state index in [0.717, 1.165) is 16.5 Å². The number of likely N-dealkylation sites (N-methyl/N-ethyl adjacent to an activating group) is 1. The Morgan fingerprint density at radius 1 is 1.00 bits per heavy atom. The number of nitrogens with one attached hydrogen (secondary N) is 2. The molecule has 0 radical (unpaired) electrons. The number of hydrogen-bond donors (Lipinski definition) is 2. The number of ether oxygens (including phenoxy) is 1. The number of anilines is 1. The number of benzene rings is 3. The van der Waals surface area contributed by atoms with Gasteiger partial charge >= 0.3 is 0 Å². The topological polar surface area (TPSA) is 74.4 Å². The average molecular weight is 428 g/mol. The van der Waals surface area contributed by atoms with Gasteiger partial charge in [-0.2, -0.15) is 0 Å². The molecule has 2 N–H and O–H groups in total. The third-order valence-corrected chi connectivity index (χ3v) is 5.41. The lowest BCUT2D eigenvalue weighted by Gasteiger charge is -2.27. The van der Waals surface area contributed by atoms with Crippen LogP contribution in [0.1, 0.15) is 22.0 Å². The first-order valence-electron chi connectivity index (χ1n) is 10.4. The van der Waals surface area contributed by atoms with E-state index in [-0.39, 0.29) is 18.2 Å². The van der Waals surface area contributed by atoms with Gasteiger partial charge in [0, 0.05) is 34.4 Å². The summed E-state index contributed by atoms with van der Waals surface area (Å²) in [5, 5.41) is 3.75. The van der Waals surface area contributed by atoms with E-state index in [1.807, 2.05) is 66.7 Å². The van der Waals surface area contributed by atoms with Crippen LogP contribution in [0.5, 0.6) is 5.75 Å². The van der Waals surface area contributed by atoms with Crippen molar-refractivity contribution in [2.45, 2.75) is 6.04 Å². The van der Waals surface area contributed by atoms with Crippen LogP contribution in [0.2, 0.25) is 0 Å². The van der Waals surface area contributed by atoms with E-state index in [1.165, 1.54) is 0 Å². The van der Waals surface area contributed by atoms with Crippen LogP contribution in [0.25, 0.3) is 10.9 Å². The van der Waals surface area contributed by atoms with Crippen LogP contribution in [0.3, 0.4) is 0 Å². The van der Waals surface area contributed by atoms with Crippen molar-refractivity contribution in [3.05, 3.63) is 96.2 Å². The molecule has 6 heteroatoms. The number of fused-ring (bicyclic) bond motifs is 1. The molecule has 1 atom stereocenters. The highest BCUT2D eigenvalue weighted by Gasteiger charge is 2.29. The fourth-order valence-corrected chi connectivity index (χ4v) is 3.88. The number of Topliss-reactive ketones (excluding diaryl/α,β-unsaturated/α-hetero) is 1. The molecule has 0 saturated heterocycles. The van der Waals surface area contributed by atoms with Crippen LogP contribution < -0.4 is 10.1 Å². The average Bonchev–Trinajstić information content (AvgIpc) is 3.24. The fraction of sp³-hybridized carbons (Fsp3) is 0.154. The standard InChI is InChI=1S/C26H25N3O3/c1-29(17-24(30)28-19-11-8-12-20(15-19)32-2)25(18-9-4-3-5-10-18)26(31)22-16-27-23-14-7-6-13-21(22)23/h3-16,25,27H,17H2,1-2H3,(H,28,30)/t25-/m0/s1. The van der Waals surface area contributed by atoms with Crippen LogP contribution in [-0.4, -0.2) is 42.3 Å². The summed E-state index contributed by atoms with van der Waals surface area (Å²) in [6.07, 6.45) is 1.74. The number of carbonyl (C=O) groups excluding carboxylic acids is 2. The zero-order valence-electron chi connectivity index (χ0n) is 18.0. The summed E-state index contributed by atoms with van der Waals surface area (Å²) in [6, 6.07) is 23.8. The van der Waals surface area contributed by atoms with Crippen molar-refractivity contribution in [2.24, 2.45) is 0 Å². The summed E-state index contributed by atoms with van der Waals surface area (Å²) in [7, 11) is 3.37. The van der Waals surface area contributed by atoms with E-state index in [2.05, 4.69) is 10.3 Å². The van der Waals surface area contributed by atoms with Crippen LogP contribution in [0.4, 0.5) is 5.69 Å². The van der Waals surface area contributed by atoms with Gasteiger partial charge in [-0.25, -0.2) is 0 Å². The smallest absolute Gasteiger partial charge is 0.238 e. The van der Waals surface area contributed by atoms with Gasteiger partial charge in [-0.05, 0) is 30.8 Å². The van der Waals surface area contributed by atoms with Gasteiger partial charge in [0.2, 0.25) is 5.91 Å². The lowest BCUT2D eigenvalue weighted by atomic mass is 9.96. The Labute approximate surface area is 186 Å². The maximum absolute atomic E-state index is 13.7. The minimum atomic E-state index is -0.605. The number of para-hydroxylation sites is 1. The molecular weight excluding hydrogens is 402 g/mol. The van der Waals surface area contributed by atoms with Crippen molar-refractivity contribution in [3.8, 4) is 5.75 Å². The van der Waals surface area contributed by atoms with E-state index in [9.17, 15) is 9.59 Å². The Balaban J connectivity index is 1.59. The fourth-order valence-electron chi connectivity index (χ4n) is 3.88. The minimum absolute atomic E-state index is 0.0465. The van der Waals surface area contributed by atoms with Crippen molar-refractivity contribution < 1.29 is 14.3 Å². The van der Waals surface area contributed by atoms with Crippen LogP contribution in [0.15, 0.2) is 85.1 Å². The van der Waals surface area contributed by atoms with Crippen LogP contribution in [-0.2, 0) is 4.79 Å². The number of aromatic amines is 1. The number of rotatable bonds is 8. The molecule has 1 amide bonds. The maximum Gasteiger partial charge on any atom is 0.238 e. The second kappa shape index (κ2) is 9.49. The zero-order chi connectivity index (χ0) is 22.5. The SMILES string of the molecule is COc1cccc(NC(=O)CN(C)[C@H](C(=O)c2c[nH]c3ccccc23)c2ccccc2)c1. The molecule has 162 valence electrons. The highest BCUT2D eigenvalue weighted by atomic mass is 16.5. The van der Waals surface area contributed by atoms with Gasteiger partial charge in [0.15, 0.2) is 5.78 Å². The van der Waals surface area contributed by atoms with E-state index in [4.69, 9.17) is 4.74 Å². The zero-order valence-corrected chi connectivity index (χ0v) is 18.0. The Morgan fingerprint density at radius 2 is 1.75 bits per heavy atom. The maximum atomic E-state index is 13.7. The Bertz CT molecular complexity index is 1230. The van der Waals surface area contributed by atoms with Crippen LogP contribution >= 0.6 is 0 Å². The Kier molecular flexibility index (Phi) is 6.33. The summed E-state index contributed by atoms with van der Waals surface area (Å²) < 4.78 is 5.21. The quantitative estimate of drug-likeness (QED) is 0.401. The molecule has 6 nitrogen and oxygen atoms in total. The highest BCUT2D eigenvalue weighted by molar-refractivity contribution is 6.10. The van der Waals surface area contributed by atoms with Gasteiger partial charge in [-0.15, -0.1) is 0 Å². The van der Waals surface area contributed by atoms with Gasteiger partial charge in [-0.1, -0.05) is 54.6 Å². The molecule has 0 aliphatic rings. The molecule has 0 spiro atoms.